The molecule has 0 fully saturated rings. The first-order valence-corrected chi connectivity index (χ1v) is 7.31. The molecule has 1 unspecified atom stereocenters. The van der Waals surface area contributed by atoms with Crippen LogP contribution in [-0.4, -0.2) is 21.0 Å². The van der Waals surface area contributed by atoms with E-state index in [9.17, 15) is 10.4 Å². The lowest BCUT2D eigenvalue weighted by Gasteiger charge is -2.16. The highest BCUT2D eigenvalue weighted by atomic mass is 16.8. The highest BCUT2D eigenvalue weighted by molar-refractivity contribution is 5.53. The van der Waals surface area contributed by atoms with Gasteiger partial charge in [-0.3, -0.25) is 0 Å². The summed E-state index contributed by atoms with van der Waals surface area (Å²) < 4.78 is 1.73. The summed E-state index contributed by atoms with van der Waals surface area (Å²) in [5, 5.41) is 24.4. The van der Waals surface area contributed by atoms with E-state index >= 15 is 0 Å². The lowest BCUT2D eigenvalue weighted by molar-refractivity contribution is -0.991. The average Bonchev–Trinajstić information content (AvgIpc) is 3.02. The summed E-state index contributed by atoms with van der Waals surface area (Å²) in [4.78, 5) is 0. The molecular formula is C16H20N4O2. The van der Waals surface area contributed by atoms with Crippen molar-refractivity contribution in [3.63, 3.8) is 0 Å². The number of hydrogen-bond donors (Lipinski definition) is 3. The normalized spacial score (nSPS) is 22.2. The first kappa shape index (κ1) is 14.9. The minimum absolute atomic E-state index is 0.0819. The summed E-state index contributed by atoms with van der Waals surface area (Å²) in [5.41, 5.74) is 9.82. The maximum Gasteiger partial charge on any atom is 0.189 e. The molecule has 3 rings (SSSR count). The zero-order valence-corrected chi connectivity index (χ0v) is 12.7. The van der Waals surface area contributed by atoms with Crippen LogP contribution in [0, 0.1) is 19.1 Å². The molecule has 0 bridgehead atoms. The molecule has 4 N–H and O–H groups in total. The molecule has 0 saturated heterocycles. The van der Waals surface area contributed by atoms with Crippen LogP contribution in [0.1, 0.15) is 29.3 Å². The maximum atomic E-state index is 11.4. The topological polar surface area (TPSA) is 91.6 Å². The molecular weight excluding hydrogens is 280 g/mol. The molecule has 0 spiro atoms. The van der Waals surface area contributed by atoms with Gasteiger partial charge in [0.25, 0.3) is 0 Å². The van der Waals surface area contributed by atoms with Crippen molar-refractivity contribution in [1.82, 2.24) is 9.78 Å². The zero-order valence-electron chi connectivity index (χ0n) is 12.7. The number of aromatic nitrogens is 2. The van der Waals surface area contributed by atoms with Crippen LogP contribution in [0.15, 0.2) is 36.4 Å². The third-order valence-corrected chi connectivity index (χ3v) is 4.20. The fourth-order valence-electron chi connectivity index (χ4n) is 3.21. The lowest BCUT2D eigenvalue weighted by atomic mass is 9.96. The van der Waals surface area contributed by atoms with Gasteiger partial charge in [0.2, 0.25) is 0 Å². The molecule has 1 aromatic carbocycles. The van der Waals surface area contributed by atoms with Gasteiger partial charge in [0.05, 0.1) is 5.69 Å². The number of nitrogens with zero attached hydrogens (tertiary/aromatic N) is 2. The minimum Gasteiger partial charge on any atom is -0.595 e. The van der Waals surface area contributed by atoms with Gasteiger partial charge in [0.15, 0.2) is 5.69 Å². The van der Waals surface area contributed by atoms with E-state index in [4.69, 9.17) is 5.73 Å². The Labute approximate surface area is 129 Å². The van der Waals surface area contributed by atoms with Crippen molar-refractivity contribution in [2.75, 3.05) is 0 Å². The second kappa shape index (κ2) is 5.66. The Bertz CT molecular complexity index is 721. The van der Waals surface area contributed by atoms with E-state index in [0.717, 1.165) is 23.4 Å². The SMILES string of the molecule is Cc1nn(-c2ccccc2[NH+]([O-])O)c(C)c1[C@H]1C=C[C@@H](N)C1. The number of nitrogens with two attached hydrogens (primary N) is 1. The van der Waals surface area contributed by atoms with Gasteiger partial charge in [-0.1, -0.05) is 24.3 Å². The Kier molecular flexibility index (Phi) is 3.84. The molecule has 1 heterocycles. The minimum atomic E-state index is -0.951. The predicted octanol–water partition coefficient (Wildman–Crippen LogP) is 1.26. The molecule has 2 aromatic rings. The van der Waals surface area contributed by atoms with E-state index < -0.39 is 5.23 Å². The summed E-state index contributed by atoms with van der Waals surface area (Å²) >= 11 is 0. The van der Waals surface area contributed by atoms with E-state index in [2.05, 4.69) is 11.2 Å². The largest absolute Gasteiger partial charge is 0.595 e. The van der Waals surface area contributed by atoms with Crippen LogP contribution in [0.5, 0.6) is 0 Å². The first-order chi connectivity index (χ1) is 10.5. The third kappa shape index (κ3) is 2.46. The highest BCUT2D eigenvalue weighted by Crippen LogP contribution is 2.33. The zero-order chi connectivity index (χ0) is 15.9. The number of nitrogens with one attached hydrogen (secondary N) is 1. The Morgan fingerprint density at radius 3 is 2.68 bits per heavy atom. The molecule has 6 heteroatoms. The van der Waals surface area contributed by atoms with Crippen molar-refractivity contribution in [3.8, 4) is 5.69 Å². The quantitative estimate of drug-likeness (QED) is 0.588. The first-order valence-electron chi connectivity index (χ1n) is 7.31. The van der Waals surface area contributed by atoms with Gasteiger partial charge in [-0.05, 0) is 26.3 Å². The standard InChI is InChI=1S/C16H20N4O2/c1-10-16(12-7-8-13(17)9-12)11(2)19(18-10)14-5-3-4-6-15(14)20(21)22/h3-8,12-13,20-21H,9,17H2,1-2H3/t12-,13+/m0/s1. The highest BCUT2D eigenvalue weighted by Gasteiger charge is 2.25. The molecule has 0 aliphatic heterocycles. The van der Waals surface area contributed by atoms with Crippen molar-refractivity contribution < 1.29 is 10.4 Å². The van der Waals surface area contributed by atoms with E-state index in [0.29, 0.717) is 5.69 Å². The molecule has 22 heavy (non-hydrogen) atoms. The van der Waals surface area contributed by atoms with Crippen LogP contribution in [0.25, 0.3) is 5.69 Å². The van der Waals surface area contributed by atoms with Crippen molar-refractivity contribution >= 4 is 5.69 Å². The molecule has 0 radical (unpaired) electrons. The Morgan fingerprint density at radius 1 is 1.32 bits per heavy atom. The molecule has 1 aliphatic rings. The van der Waals surface area contributed by atoms with Crippen LogP contribution in [0.2, 0.25) is 0 Å². The molecule has 1 aliphatic carbocycles. The van der Waals surface area contributed by atoms with Gasteiger partial charge in [-0.25, -0.2) is 9.89 Å². The van der Waals surface area contributed by atoms with E-state index in [1.54, 1.807) is 22.9 Å². The summed E-state index contributed by atoms with van der Waals surface area (Å²) in [6.45, 7) is 3.94. The van der Waals surface area contributed by atoms with Gasteiger partial charge >= 0.3 is 0 Å². The summed E-state index contributed by atoms with van der Waals surface area (Å²) in [6.07, 6.45) is 5.01. The van der Waals surface area contributed by atoms with Gasteiger partial charge in [0, 0.05) is 29.3 Å². The number of rotatable bonds is 3. The third-order valence-electron chi connectivity index (χ3n) is 4.20. The average molecular weight is 300 g/mol. The Morgan fingerprint density at radius 2 is 2.05 bits per heavy atom. The number of para-hydroxylation sites is 2. The number of allylic oxidation sites excluding steroid dienone is 1. The molecule has 0 saturated carbocycles. The van der Waals surface area contributed by atoms with Crippen LogP contribution in [0.4, 0.5) is 5.69 Å². The number of hydrogen-bond acceptors (Lipinski definition) is 4. The molecule has 116 valence electrons. The number of benzene rings is 1. The van der Waals surface area contributed by atoms with E-state index in [1.165, 1.54) is 0 Å². The predicted molar refractivity (Wildman–Crippen MR) is 83.3 cm³/mol. The fourth-order valence-corrected chi connectivity index (χ4v) is 3.21. The summed E-state index contributed by atoms with van der Waals surface area (Å²) in [5.74, 6) is 0.251. The Balaban J connectivity index is 2.09. The Hall–Kier alpha value is -1.99. The molecule has 1 aromatic heterocycles. The van der Waals surface area contributed by atoms with Crippen molar-refractivity contribution in [1.29, 1.82) is 0 Å². The van der Waals surface area contributed by atoms with Crippen LogP contribution >= 0.6 is 0 Å². The molecule has 0 amide bonds. The van der Waals surface area contributed by atoms with Crippen molar-refractivity contribution in [3.05, 3.63) is 58.6 Å². The van der Waals surface area contributed by atoms with Gasteiger partial charge < -0.3 is 10.9 Å². The fraction of sp³-hybridized carbons (Fsp3) is 0.312. The number of quaternary nitrogens is 1. The van der Waals surface area contributed by atoms with Crippen molar-refractivity contribution in [2.24, 2.45) is 5.73 Å². The van der Waals surface area contributed by atoms with Gasteiger partial charge in [-0.15, -0.1) is 0 Å². The smallest absolute Gasteiger partial charge is 0.189 e. The van der Waals surface area contributed by atoms with Crippen molar-refractivity contribution in [2.45, 2.75) is 32.2 Å². The lowest BCUT2D eigenvalue weighted by Crippen LogP contribution is -2.99. The number of aryl methyl sites for hydroxylation is 1. The second-order valence-electron chi connectivity index (χ2n) is 5.71. The van der Waals surface area contributed by atoms with Crippen LogP contribution in [-0.2, 0) is 0 Å². The van der Waals surface area contributed by atoms with Crippen LogP contribution in [0.3, 0.4) is 0 Å². The van der Waals surface area contributed by atoms with Crippen LogP contribution < -0.4 is 11.0 Å². The van der Waals surface area contributed by atoms with Gasteiger partial charge in [-0.2, -0.15) is 10.3 Å². The van der Waals surface area contributed by atoms with Gasteiger partial charge in [0.1, 0.15) is 5.69 Å². The monoisotopic (exact) mass is 300 g/mol. The second-order valence-corrected chi connectivity index (χ2v) is 5.71. The molecule has 3 atom stereocenters. The maximum absolute atomic E-state index is 11.4. The van der Waals surface area contributed by atoms with E-state index in [1.807, 2.05) is 26.0 Å². The van der Waals surface area contributed by atoms with E-state index in [-0.39, 0.29) is 17.6 Å². The summed E-state index contributed by atoms with van der Waals surface area (Å²) in [6, 6.07) is 7.00. The summed E-state index contributed by atoms with van der Waals surface area (Å²) in [7, 11) is 0. The molecule has 6 nitrogen and oxygen atoms in total.